The fourth-order valence-corrected chi connectivity index (χ4v) is 1.90. The highest BCUT2D eigenvalue weighted by molar-refractivity contribution is 9.10. The maximum atomic E-state index is 5.50. The number of hydrogen-bond acceptors (Lipinski definition) is 3. The lowest BCUT2D eigenvalue weighted by atomic mass is 10.2. The third-order valence-corrected chi connectivity index (χ3v) is 2.96. The quantitative estimate of drug-likeness (QED) is 0.928. The van der Waals surface area contributed by atoms with Crippen LogP contribution in [0.4, 0.5) is 5.69 Å². The molecule has 0 amide bonds. The molecule has 1 N–H and O–H groups in total. The van der Waals surface area contributed by atoms with Crippen LogP contribution in [-0.4, -0.2) is 9.78 Å². The Balaban J connectivity index is 2.05. The molecule has 2 rings (SSSR count). The normalized spacial score (nSPS) is 13.0. The molecule has 4 nitrogen and oxygen atoms in total. The Bertz CT molecular complexity index is 489. The summed E-state index contributed by atoms with van der Waals surface area (Å²) in [5, 5.41) is 7.63. The van der Waals surface area contributed by atoms with Gasteiger partial charge in [-0.15, -0.1) is 0 Å². The molecule has 92 valence electrons. The number of furan rings is 1. The van der Waals surface area contributed by atoms with Gasteiger partial charge in [0.25, 0.3) is 0 Å². The molecule has 0 aliphatic heterocycles. The molecular formula is C12H16BrN3O. The Kier molecular flexibility index (Phi) is 3.57. The van der Waals surface area contributed by atoms with E-state index in [9.17, 15) is 0 Å². The van der Waals surface area contributed by atoms with Crippen LogP contribution < -0.4 is 5.32 Å². The molecule has 0 bridgehead atoms. The standard InChI is InChI=1S/C12H16BrN3O/c1-8(2)16-7-10(6-14-16)15-9(3)11-4-5-12(13)17-11/h4-9,15H,1-3H3. The van der Waals surface area contributed by atoms with Gasteiger partial charge in [0.05, 0.1) is 17.9 Å². The summed E-state index contributed by atoms with van der Waals surface area (Å²) in [6.45, 7) is 6.26. The van der Waals surface area contributed by atoms with Crippen LogP contribution in [0, 0.1) is 0 Å². The van der Waals surface area contributed by atoms with Gasteiger partial charge in [0.15, 0.2) is 4.67 Å². The zero-order chi connectivity index (χ0) is 12.4. The van der Waals surface area contributed by atoms with Gasteiger partial charge in [0.1, 0.15) is 5.76 Å². The van der Waals surface area contributed by atoms with Gasteiger partial charge in [-0.3, -0.25) is 4.68 Å². The number of aromatic nitrogens is 2. The van der Waals surface area contributed by atoms with E-state index in [0.29, 0.717) is 6.04 Å². The van der Waals surface area contributed by atoms with Crippen LogP contribution in [0.3, 0.4) is 0 Å². The zero-order valence-corrected chi connectivity index (χ0v) is 11.7. The predicted octanol–water partition coefficient (Wildman–Crippen LogP) is 3.99. The lowest BCUT2D eigenvalue weighted by molar-refractivity contribution is 0.471. The number of nitrogens with zero attached hydrogens (tertiary/aromatic N) is 2. The highest BCUT2D eigenvalue weighted by Crippen LogP contribution is 2.23. The molecule has 1 unspecified atom stereocenters. The third kappa shape index (κ3) is 2.91. The Labute approximate surface area is 109 Å². The van der Waals surface area contributed by atoms with Crippen molar-refractivity contribution in [2.75, 3.05) is 5.32 Å². The van der Waals surface area contributed by atoms with Gasteiger partial charge < -0.3 is 9.73 Å². The van der Waals surface area contributed by atoms with Gasteiger partial charge in [0.2, 0.25) is 0 Å². The first-order valence-electron chi connectivity index (χ1n) is 5.62. The molecule has 0 fully saturated rings. The number of anilines is 1. The van der Waals surface area contributed by atoms with Crippen molar-refractivity contribution in [2.45, 2.75) is 32.9 Å². The first kappa shape index (κ1) is 12.2. The molecule has 0 aliphatic carbocycles. The largest absolute Gasteiger partial charge is 0.452 e. The smallest absolute Gasteiger partial charge is 0.169 e. The minimum absolute atomic E-state index is 0.117. The summed E-state index contributed by atoms with van der Waals surface area (Å²) in [7, 11) is 0. The Morgan fingerprint density at radius 2 is 2.12 bits per heavy atom. The molecule has 0 aromatic carbocycles. The summed E-state index contributed by atoms with van der Waals surface area (Å²) in [4.78, 5) is 0. The molecule has 2 heterocycles. The van der Waals surface area contributed by atoms with Gasteiger partial charge in [-0.05, 0) is 48.8 Å². The van der Waals surface area contributed by atoms with Crippen LogP contribution in [0.15, 0.2) is 33.6 Å². The minimum atomic E-state index is 0.117. The van der Waals surface area contributed by atoms with E-state index < -0.39 is 0 Å². The molecule has 0 aliphatic rings. The molecule has 0 radical (unpaired) electrons. The van der Waals surface area contributed by atoms with Crippen LogP contribution in [0.25, 0.3) is 0 Å². The van der Waals surface area contributed by atoms with Gasteiger partial charge >= 0.3 is 0 Å². The summed E-state index contributed by atoms with van der Waals surface area (Å²) in [6, 6.07) is 4.34. The van der Waals surface area contributed by atoms with Crippen LogP contribution >= 0.6 is 15.9 Å². The summed E-state index contributed by atoms with van der Waals surface area (Å²) >= 11 is 3.30. The highest BCUT2D eigenvalue weighted by atomic mass is 79.9. The average molecular weight is 298 g/mol. The molecule has 0 saturated carbocycles. The SMILES string of the molecule is CC(Nc1cnn(C(C)C)c1)c1ccc(Br)o1. The highest BCUT2D eigenvalue weighted by Gasteiger charge is 2.11. The fraction of sp³-hybridized carbons (Fsp3) is 0.417. The van der Waals surface area contributed by atoms with Crippen molar-refractivity contribution in [3.05, 3.63) is 35.0 Å². The first-order valence-corrected chi connectivity index (χ1v) is 6.41. The van der Waals surface area contributed by atoms with E-state index in [0.717, 1.165) is 16.1 Å². The van der Waals surface area contributed by atoms with Gasteiger partial charge in [-0.25, -0.2) is 0 Å². The van der Waals surface area contributed by atoms with Gasteiger partial charge in [0, 0.05) is 12.2 Å². The molecular weight excluding hydrogens is 282 g/mol. The van der Waals surface area contributed by atoms with E-state index in [1.807, 2.05) is 29.2 Å². The van der Waals surface area contributed by atoms with Crippen LogP contribution in [0.5, 0.6) is 0 Å². The van der Waals surface area contributed by atoms with Crippen LogP contribution in [0.2, 0.25) is 0 Å². The second-order valence-electron chi connectivity index (χ2n) is 4.31. The number of halogens is 1. The summed E-state index contributed by atoms with van der Waals surface area (Å²) < 4.78 is 8.17. The van der Waals surface area contributed by atoms with Gasteiger partial charge in [-0.2, -0.15) is 5.10 Å². The maximum absolute atomic E-state index is 5.50. The van der Waals surface area contributed by atoms with E-state index in [4.69, 9.17) is 4.42 Å². The van der Waals surface area contributed by atoms with E-state index in [2.05, 4.69) is 47.1 Å². The first-order chi connectivity index (χ1) is 8.06. The Hall–Kier alpha value is -1.23. The molecule has 0 saturated heterocycles. The molecule has 17 heavy (non-hydrogen) atoms. The lowest BCUT2D eigenvalue weighted by Crippen LogP contribution is -2.05. The van der Waals surface area contributed by atoms with E-state index in [-0.39, 0.29) is 6.04 Å². The Morgan fingerprint density at radius 3 is 2.65 bits per heavy atom. The fourth-order valence-electron chi connectivity index (χ4n) is 1.58. The van der Waals surface area contributed by atoms with Crippen molar-refractivity contribution in [2.24, 2.45) is 0 Å². The second kappa shape index (κ2) is 4.96. The molecule has 5 heteroatoms. The van der Waals surface area contributed by atoms with Crippen molar-refractivity contribution in [1.82, 2.24) is 9.78 Å². The number of rotatable bonds is 4. The minimum Gasteiger partial charge on any atom is -0.452 e. The number of nitrogens with one attached hydrogen (secondary N) is 1. The third-order valence-electron chi connectivity index (χ3n) is 2.53. The molecule has 1 atom stereocenters. The van der Waals surface area contributed by atoms with E-state index >= 15 is 0 Å². The van der Waals surface area contributed by atoms with Crippen molar-refractivity contribution < 1.29 is 4.42 Å². The van der Waals surface area contributed by atoms with E-state index in [1.165, 1.54) is 0 Å². The summed E-state index contributed by atoms with van der Waals surface area (Å²) in [5.41, 5.74) is 0.999. The van der Waals surface area contributed by atoms with Crippen LogP contribution in [0.1, 0.15) is 38.6 Å². The van der Waals surface area contributed by atoms with Crippen molar-refractivity contribution in [3.63, 3.8) is 0 Å². The van der Waals surface area contributed by atoms with Crippen molar-refractivity contribution >= 4 is 21.6 Å². The average Bonchev–Trinajstić information content (AvgIpc) is 2.86. The number of hydrogen-bond donors (Lipinski definition) is 1. The lowest BCUT2D eigenvalue weighted by Gasteiger charge is -2.10. The molecule has 2 aromatic rings. The zero-order valence-electron chi connectivity index (χ0n) is 10.1. The molecule has 2 aromatic heterocycles. The monoisotopic (exact) mass is 297 g/mol. The van der Waals surface area contributed by atoms with Crippen molar-refractivity contribution in [3.8, 4) is 0 Å². The topological polar surface area (TPSA) is 43.0 Å². The Morgan fingerprint density at radius 1 is 1.35 bits per heavy atom. The molecule has 0 spiro atoms. The van der Waals surface area contributed by atoms with Crippen LogP contribution in [-0.2, 0) is 0 Å². The summed E-state index contributed by atoms with van der Waals surface area (Å²) in [5.74, 6) is 0.897. The van der Waals surface area contributed by atoms with Gasteiger partial charge in [-0.1, -0.05) is 0 Å². The summed E-state index contributed by atoms with van der Waals surface area (Å²) in [6.07, 6.45) is 3.83. The second-order valence-corrected chi connectivity index (χ2v) is 5.09. The maximum Gasteiger partial charge on any atom is 0.169 e. The van der Waals surface area contributed by atoms with E-state index in [1.54, 1.807) is 0 Å². The predicted molar refractivity (Wildman–Crippen MR) is 71.1 cm³/mol. The van der Waals surface area contributed by atoms with Crippen molar-refractivity contribution in [1.29, 1.82) is 0 Å².